The lowest BCUT2D eigenvalue weighted by molar-refractivity contribution is -0.120. The monoisotopic (exact) mass is 489 g/mol. The highest BCUT2D eigenvalue weighted by Gasteiger charge is 2.24. The molecule has 0 saturated carbocycles. The maximum atomic E-state index is 11.9. The standard InChI is InChI=1S/C18H27N5O3.HI/c1-3-19-18(22-12-17(25)20-8-9-26-2)21-11-13-10-16(24)23-15-7-5-4-6-14(13)15;/h4-7,13H,3,8-12H2,1-2H3,(H,20,25)(H,23,24)(H2,19,21,22);1H. The van der Waals surface area contributed by atoms with Crippen molar-refractivity contribution in [1.29, 1.82) is 0 Å². The van der Waals surface area contributed by atoms with Crippen molar-refractivity contribution in [3.63, 3.8) is 0 Å². The van der Waals surface area contributed by atoms with E-state index in [1.165, 1.54) is 0 Å². The fourth-order valence-electron chi connectivity index (χ4n) is 2.74. The Labute approximate surface area is 176 Å². The number of carbonyl (C=O) groups is 2. The van der Waals surface area contributed by atoms with Gasteiger partial charge in [0, 0.05) is 44.8 Å². The fraction of sp³-hybridized carbons (Fsp3) is 0.500. The van der Waals surface area contributed by atoms with Crippen molar-refractivity contribution in [1.82, 2.24) is 16.0 Å². The molecule has 27 heavy (non-hydrogen) atoms. The Morgan fingerprint density at radius 2 is 2.07 bits per heavy atom. The van der Waals surface area contributed by atoms with E-state index in [4.69, 9.17) is 4.74 Å². The number of rotatable bonds is 8. The SMILES string of the molecule is CCNC(=NCC(=O)NCCOC)NCC1CC(=O)Nc2ccccc21.I. The van der Waals surface area contributed by atoms with Gasteiger partial charge in [0.05, 0.1) is 6.61 Å². The Bertz CT molecular complexity index is 654. The number of methoxy groups -OCH3 is 1. The number of ether oxygens (including phenoxy) is 1. The first kappa shape index (κ1) is 23.2. The van der Waals surface area contributed by atoms with Crippen LogP contribution in [-0.4, -0.2) is 57.7 Å². The normalized spacial score (nSPS) is 15.9. The Balaban J connectivity index is 0.00000364. The van der Waals surface area contributed by atoms with Gasteiger partial charge in [0.15, 0.2) is 5.96 Å². The third kappa shape index (κ3) is 7.71. The lowest BCUT2D eigenvalue weighted by Gasteiger charge is -2.26. The predicted molar refractivity (Wildman–Crippen MR) is 117 cm³/mol. The minimum Gasteiger partial charge on any atom is -0.383 e. The van der Waals surface area contributed by atoms with Crippen LogP contribution in [0.15, 0.2) is 29.3 Å². The zero-order chi connectivity index (χ0) is 18.8. The van der Waals surface area contributed by atoms with Gasteiger partial charge in [0.2, 0.25) is 11.8 Å². The molecule has 0 spiro atoms. The zero-order valence-electron chi connectivity index (χ0n) is 15.7. The van der Waals surface area contributed by atoms with Crippen molar-refractivity contribution in [3.8, 4) is 0 Å². The van der Waals surface area contributed by atoms with Crippen LogP contribution in [0.2, 0.25) is 0 Å². The summed E-state index contributed by atoms with van der Waals surface area (Å²) in [6, 6.07) is 7.80. The summed E-state index contributed by atoms with van der Waals surface area (Å²) in [5.41, 5.74) is 1.96. The fourth-order valence-corrected chi connectivity index (χ4v) is 2.74. The minimum absolute atomic E-state index is 0. The van der Waals surface area contributed by atoms with Crippen LogP contribution in [0.5, 0.6) is 0 Å². The van der Waals surface area contributed by atoms with Crippen molar-refractivity contribution >= 4 is 47.4 Å². The van der Waals surface area contributed by atoms with Crippen LogP contribution < -0.4 is 21.3 Å². The summed E-state index contributed by atoms with van der Waals surface area (Å²) in [5.74, 6) is 0.453. The number of guanidine groups is 1. The Hall–Kier alpha value is -1.88. The third-order valence-electron chi connectivity index (χ3n) is 3.98. The molecule has 1 aromatic rings. The molecule has 0 saturated heterocycles. The van der Waals surface area contributed by atoms with Gasteiger partial charge >= 0.3 is 0 Å². The van der Waals surface area contributed by atoms with Crippen LogP contribution in [0, 0.1) is 0 Å². The summed E-state index contributed by atoms with van der Waals surface area (Å²) >= 11 is 0. The molecular weight excluding hydrogens is 461 g/mol. The number of fused-ring (bicyclic) bond motifs is 1. The summed E-state index contributed by atoms with van der Waals surface area (Å²) < 4.78 is 4.89. The first-order chi connectivity index (χ1) is 12.6. The van der Waals surface area contributed by atoms with Gasteiger partial charge in [-0.2, -0.15) is 0 Å². The molecule has 2 amide bonds. The largest absolute Gasteiger partial charge is 0.383 e. The Morgan fingerprint density at radius 1 is 1.30 bits per heavy atom. The number of anilines is 1. The molecule has 150 valence electrons. The van der Waals surface area contributed by atoms with Crippen LogP contribution in [0.3, 0.4) is 0 Å². The Kier molecular flexibility index (Phi) is 10.7. The highest BCUT2D eigenvalue weighted by atomic mass is 127. The van der Waals surface area contributed by atoms with Crippen LogP contribution in [0.1, 0.15) is 24.8 Å². The molecule has 1 aliphatic heterocycles. The number of nitrogens with zero attached hydrogens (tertiary/aromatic N) is 1. The van der Waals surface area contributed by atoms with Gasteiger partial charge in [-0.05, 0) is 18.6 Å². The summed E-state index contributed by atoms with van der Waals surface area (Å²) in [4.78, 5) is 27.9. The number of amides is 2. The quantitative estimate of drug-likeness (QED) is 0.189. The topological polar surface area (TPSA) is 104 Å². The van der Waals surface area contributed by atoms with Gasteiger partial charge in [-0.25, -0.2) is 4.99 Å². The predicted octanol–water partition coefficient (Wildman–Crippen LogP) is 1.05. The molecule has 0 bridgehead atoms. The van der Waals surface area contributed by atoms with E-state index in [1.54, 1.807) is 7.11 Å². The van der Waals surface area contributed by atoms with Gasteiger partial charge in [-0.15, -0.1) is 24.0 Å². The minimum atomic E-state index is -0.165. The molecule has 0 fully saturated rings. The van der Waals surface area contributed by atoms with Crippen LogP contribution >= 0.6 is 24.0 Å². The van der Waals surface area contributed by atoms with Crippen LogP contribution in [0.25, 0.3) is 0 Å². The number of carbonyl (C=O) groups excluding carboxylic acids is 2. The summed E-state index contributed by atoms with van der Waals surface area (Å²) in [5, 5.41) is 12.0. The first-order valence-corrected chi connectivity index (χ1v) is 8.80. The van der Waals surface area contributed by atoms with Crippen LogP contribution in [0.4, 0.5) is 5.69 Å². The summed E-state index contributed by atoms with van der Waals surface area (Å²) in [7, 11) is 1.58. The van der Waals surface area contributed by atoms with Gasteiger partial charge in [0.1, 0.15) is 6.54 Å². The van der Waals surface area contributed by atoms with Crippen molar-refractivity contribution in [3.05, 3.63) is 29.8 Å². The number of hydrogen-bond acceptors (Lipinski definition) is 4. The zero-order valence-corrected chi connectivity index (χ0v) is 18.0. The molecular formula is C18H28IN5O3. The van der Waals surface area contributed by atoms with Crippen molar-refractivity contribution < 1.29 is 14.3 Å². The molecule has 2 rings (SSSR count). The maximum Gasteiger partial charge on any atom is 0.241 e. The van der Waals surface area contributed by atoms with E-state index in [1.807, 2.05) is 31.2 Å². The molecule has 4 N–H and O–H groups in total. The van der Waals surface area contributed by atoms with Crippen molar-refractivity contribution in [2.45, 2.75) is 19.3 Å². The molecule has 0 aliphatic carbocycles. The van der Waals surface area contributed by atoms with E-state index in [0.717, 1.165) is 11.3 Å². The molecule has 1 unspecified atom stereocenters. The van der Waals surface area contributed by atoms with E-state index in [2.05, 4.69) is 26.3 Å². The van der Waals surface area contributed by atoms with Crippen molar-refractivity contribution in [2.75, 3.05) is 45.2 Å². The van der Waals surface area contributed by atoms with Gasteiger partial charge in [0.25, 0.3) is 0 Å². The highest BCUT2D eigenvalue weighted by Crippen LogP contribution is 2.31. The lowest BCUT2D eigenvalue weighted by atomic mass is 9.90. The molecule has 1 heterocycles. The van der Waals surface area contributed by atoms with Gasteiger partial charge in [-0.1, -0.05) is 18.2 Å². The van der Waals surface area contributed by atoms with Gasteiger partial charge in [-0.3, -0.25) is 9.59 Å². The van der Waals surface area contributed by atoms with E-state index in [9.17, 15) is 9.59 Å². The van der Waals surface area contributed by atoms with E-state index in [-0.39, 0.29) is 48.3 Å². The number of para-hydroxylation sites is 1. The number of hydrogen-bond donors (Lipinski definition) is 4. The van der Waals surface area contributed by atoms with E-state index >= 15 is 0 Å². The number of halogens is 1. The maximum absolute atomic E-state index is 11.9. The molecule has 0 radical (unpaired) electrons. The first-order valence-electron chi connectivity index (χ1n) is 8.80. The summed E-state index contributed by atoms with van der Waals surface area (Å²) in [6.45, 7) is 4.15. The van der Waals surface area contributed by atoms with Gasteiger partial charge < -0.3 is 26.0 Å². The van der Waals surface area contributed by atoms with E-state index in [0.29, 0.717) is 38.6 Å². The molecule has 1 aromatic carbocycles. The second-order valence-corrected chi connectivity index (χ2v) is 5.96. The molecule has 9 heteroatoms. The molecule has 1 aliphatic rings. The highest BCUT2D eigenvalue weighted by molar-refractivity contribution is 14.0. The molecule has 1 atom stereocenters. The smallest absolute Gasteiger partial charge is 0.241 e. The van der Waals surface area contributed by atoms with E-state index < -0.39 is 0 Å². The average Bonchev–Trinajstić information content (AvgIpc) is 2.63. The lowest BCUT2D eigenvalue weighted by Crippen LogP contribution is -2.41. The molecule has 8 nitrogen and oxygen atoms in total. The molecule has 0 aromatic heterocycles. The van der Waals surface area contributed by atoms with Crippen molar-refractivity contribution in [2.24, 2.45) is 4.99 Å². The Morgan fingerprint density at radius 3 is 2.81 bits per heavy atom. The summed E-state index contributed by atoms with van der Waals surface area (Å²) in [6.07, 6.45) is 0.418. The number of nitrogens with one attached hydrogen (secondary N) is 4. The average molecular weight is 489 g/mol. The second kappa shape index (κ2) is 12.5. The second-order valence-electron chi connectivity index (χ2n) is 5.96. The number of aliphatic imine (C=N–C) groups is 1. The third-order valence-corrected chi connectivity index (χ3v) is 3.98. The van der Waals surface area contributed by atoms with Crippen LogP contribution in [-0.2, 0) is 14.3 Å². The number of benzene rings is 1.